The first kappa shape index (κ1) is 26.9. The molecule has 0 heterocycles. The molecule has 1 rings (SSSR count). The number of unbranched alkanes of at least 4 members (excludes halogenated alkanes) is 11. The van der Waals surface area contributed by atoms with Crippen molar-refractivity contribution in [2.45, 2.75) is 103 Å². The summed E-state index contributed by atoms with van der Waals surface area (Å²) < 4.78 is 0. The number of carbonyl (C=O) groups excluding carboxylic acids is 1. The quantitative estimate of drug-likeness (QED) is 0.188. The maximum atomic E-state index is 12.5. The first-order chi connectivity index (χ1) is 15.1. The molecule has 4 nitrogen and oxygen atoms in total. The normalized spacial score (nSPS) is 11.1. The van der Waals surface area contributed by atoms with Gasteiger partial charge in [-0.1, -0.05) is 101 Å². The Morgan fingerprint density at radius 2 is 1.35 bits per heavy atom. The number of hydrogen-bond donors (Lipinski definition) is 1. The number of allylic oxidation sites excluding steroid dienone is 2. The smallest absolute Gasteiger partial charge is 0.323 e. The highest BCUT2D eigenvalue weighted by molar-refractivity contribution is 5.81. The number of nitrogens with zero attached hydrogens (tertiary/aromatic N) is 1. The van der Waals surface area contributed by atoms with Gasteiger partial charge in [-0.05, 0) is 37.7 Å². The number of hydrogen-bond acceptors (Lipinski definition) is 2. The average molecular weight is 430 g/mol. The molecule has 0 aliphatic heterocycles. The monoisotopic (exact) mass is 429 g/mol. The van der Waals surface area contributed by atoms with Gasteiger partial charge in [-0.3, -0.25) is 9.59 Å². The second-order valence-electron chi connectivity index (χ2n) is 8.46. The summed E-state index contributed by atoms with van der Waals surface area (Å²) in [5, 5.41) is 9.12. The molecule has 0 atom stereocenters. The number of amides is 1. The number of carbonyl (C=O) groups is 2. The van der Waals surface area contributed by atoms with Crippen LogP contribution in [0.5, 0.6) is 0 Å². The van der Waals surface area contributed by atoms with Gasteiger partial charge in [-0.2, -0.15) is 0 Å². The molecule has 0 saturated heterocycles. The number of rotatable bonds is 19. The number of aliphatic carboxylic acids is 1. The highest BCUT2D eigenvalue weighted by atomic mass is 16.4. The lowest BCUT2D eigenvalue weighted by Gasteiger charge is -2.21. The maximum Gasteiger partial charge on any atom is 0.323 e. The van der Waals surface area contributed by atoms with E-state index >= 15 is 0 Å². The fraction of sp³-hybridized carbons (Fsp3) is 0.630. The zero-order chi connectivity index (χ0) is 22.6. The lowest BCUT2D eigenvalue weighted by atomic mass is 10.1. The lowest BCUT2D eigenvalue weighted by molar-refractivity contribution is -0.145. The Balaban J connectivity index is 2.06. The minimum atomic E-state index is -0.964. The van der Waals surface area contributed by atoms with E-state index in [9.17, 15) is 9.59 Å². The van der Waals surface area contributed by atoms with Gasteiger partial charge in [-0.25, -0.2) is 0 Å². The second kappa shape index (κ2) is 18.7. The van der Waals surface area contributed by atoms with Crippen molar-refractivity contribution in [1.29, 1.82) is 0 Å². The number of carboxylic acid groups (broad SMARTS) is 1. The molecule has 1 aromatic carbocycles. The van der Waals surface area contributed by atoms with Gasteiger partial charge in [0, 0.05) is 13.0 Å². The molecule has 0 spiro atoms. The third-order valence-electron chi connectivity index (χ3n) is 5.55. The van der Waals surface area contributed by atoms with Gasteiger partial charge in [0.1, 0.15) is 6.54 Å². The summed E-state index contributed by atoms with van der Waals surface area (Å²) in [6.45, 7) is 2.38. The minimum absolute atomic E-state index is 0.0659. The van der Waals surface area contributed by atoms with E-state index in [4.69, 9.17) is 5.11 Å². The van der Waals surface area contributed by atoms with Crippen LogP contribution < -0.4 is 0 Å². The SMILES string of the molecule is CCCCCCCCC=CCCCCCCCC(=O)N(CC(=O)O)Cc1ccccc1. The van der Waals surface area contributed by atoms with E-state index in [0.717, 1.165) is 31.2 Å². The molecular formula is C27H43NO3. The van der Waals surface area contributed by atoms with Crippen molar-refractivity contribution < 1.29 is 14.7 Å². The van der Waals surface area contributed by atoms with Crippen LogP contribution in [0.4, 0.5) is 0 Å². The van der Waals surface area contributed by atoms with Gasteiger partial charge < -0.3 is 10.0 Å². The third kappa shape index (κ3) is 15.4. The van der Waals surface area contributed by atoms with Gasteiger partial charge in [-0.15, -0.1) is 0 Å². The molecule has 31 heavy (non-hydrogen) atoms. The van der Waals surface area contributed by atoms with E-state index in [2.05, 4.69) is 19.1 Å². The van der Waals surface area contributed by atoms with Crippen molar-refractivity contribution in [3.8, 4) is 0 Å². The van der Waals surface area contributed by atoms with E-state index in [1.165, 1.54) is 62.7 Å². The van der Waals surface area contributed by atoms with Gasteiger partial charge in [0.15, 0.2) is 0 Å². The van der Waals surface area contributed by atoms with E-state index < -0.39 is 5.97 Å². The molecular weight excluding hydrogens is 386 g/mol. The molecule has 4 heteroatoms. The van der Waals surface area contributed by atoms with Crippen LogP contribution in [0.1, 0.15) is 102 Å². The van der Waals surface area contributed by atoms with Crippen molar-refractivity contribution in [2.24, 2.45) is 0 Å². The molecule has 0 aliphatic rings. The molecule has 0 radical (unpaired) electrons. The Bertz CT molecular complexity index is 612. The van der Waals surface area contributed by atoms with Crippen molar-refractivity contribution in [2.75, 3.05) is 6.54 Å². The number of carboxylic acids is 1. The summed E-state index contributed by atoms with van der Waals surface area (Å²) >= 11 is 0. The molecule has 1 aromatic rings. The summed E-state index contributed by atoms with van der Waals surface area (Å²) in [7, 11) is 0. The molecule has 0 bridgehead atoms. The minimum Gasteiger partial charge on any atom is -0.480 e. The lowest BCUT2D eigenvalue weighted by Crippen LogP contribution is -2.35. The summed E-state index contributed by atoms with van der Waals surface area (Å²) in [6, 6.07) is 9.57. The molecule has 0 saturated carbocycles. The standard InChI is InChI=1S/C27H43NO3/c1-2-3-4-5-6-7-8-9-10-11-12-13-14-15-19-22-26(29)28(24-27(30)31)23-25-20-17-16-18-21-25/h9-10,16-18,20-21H,2-8,11-15,19,22-24H2,1H3,(H,30,31). The summed E-state index contributed by atoms with van der Waals surface area (Å²) in [6.07, 6.45) is 21.0. The Morgan fingerprint density at radius 1 is 0.806 bits per heavy atom. The van der Waals surface area contributed by atoms with Gasteiger partial charge in [0.2, 0.25) is 5.91 Å². The van der Waals surface area contributed by atoms with Crippen molar-refractivity contribution >= 4 is 11.9 Å². The fourth-order valence-corrected chi connectivity index (χ4v) is 3.70. The predicted octanol–water partition coefficient (Wildman–Crippen LogP) is 7.14. The highest BCUT2D eigenvalue weighted by Crippen LogP contribution is 2.12. The van der Waals surface area contributed by atoms with Crippen molar-refractivity contribution in [3.05, 3.63) is 48.0 Å². The van der Waals surface area contributed by atoms with Crippen LogP contribution in [-0.4, -0.2) is 28.4 Å². The van der Waals surface area contributed by atoms with Gasteiger partial charge in [0.25, 0.3) is 0 Å². The van der Waals surface area contributed by atoms with Crippen LogP contribution in [0.2, 0.25) is 0 Å². The summed E-state index contributed by atoms with van der Waals surface area (Å²) in [4.78, 5) is 25.0. The van der Waals surface area contributed by atoms with Gasteiger partial charge in [0.05, 0.1) is 0 Å². The van der Waals surface area contributed by atoms with E-state index in [1.54, 1.807) is 0 Å². The van der Waals surface area contributed by atoms with E-state index in [1.807, 2.05) is 30.3 Å². The Hall–Kier alpha value is -2.10. The molecule has 174 valence electrons. The fourth-order valence-electron chi connectivity index (χ4n) is 3.70. The zero-order valence-corrected chi connectivity index (χ0v) is 19.6. The first-order valence-electron chi connectivity index (χ1n) is 12.3. The molecule has 0 aromatic heterocycles. The van der Waals surface area contributed by atoms with Crippen LogP contribution in [0.15, 0.2) is 42.5 Å². The second-order valence-corrected chi connectivity index (χ2v) is 8.46. The third-order valence-corrected chi connectivity index (χ3v) is 5.55. The Kier molecular flexibility index (Phi) is 16.2. The van der Waals surface area contributed by atoms with Gasteiger partial charge >= 0.3 is 5.97 Å². The van der Waals surface area contributed by atoms with Crippen LogP contribution >= 0.6 is 0 Å². The predicted molar refractivity (Wildman–Crippen MR) is 129 cm³/mol. The van der Waals surface area contributed by atoms with Crippen LogP contribution in [0.3, 0.4) is 0 Å². The van der Waals surface area contributed by atoms with Crippen LogP contribution in [0, 0.1) is 0 Å². The van der Waals surface area contributed by atoms with Crippen LogP contribution in [-0.2, 0) is 16.1 Å². The van der Waals surface area contributed by atoms with Crippen molar-refractivity contribution in [3.63, 3.8) is 0 Å². The average Bonchev–Trinajstić information content (AvgIpc) is 2.76. The molecule has 0 unspecified atom stereocenters. The largest absolute Gasteiger partial charge is 0.480 e. The molecule has 1 amide bonds. The topological polar surface area (TPSA) is 57.6 Å². The molecule has 0 aliphatic carbocycles. The summed E-state index contributed by atoms with van der Waals surface area (Å²) in [5.41, 5.74) is 0.960. The molecule has 0 fully saturated rings. The zero-order valence-electron chi connectivity index (χ0n) is 19.6. The Labute approximate surface area is 189 Å². The number of benzene rings is 1. The van der Waals surface area contributed by atoms with Crippen LogP contribution in [0.25, 0.3) is 0 Å². The van der Waals surface area contributed by atoms with Crippen molar-refractivity contribution in [1.82, 2.24) is 4.90 Å². The van der Waals surface area contributed by atoms with E-state index in [-0.39, 0.29) is 12.5 Å². The maximum absolute atomic E-state index is 12.5. The first-order valence-corrected chi connectivity index (χ1v) is 12.3. The van der Waals surface area contributed by atoms with E-state index in [0.29, 0.717) is 13.0 Å². The molecule has 1 N–H and O–H groups in total. The highest BCUT2D eigenvalue weighted by Gasteiger charge is 2.16. The summed E-state index contributed by atoms with van der Waals surface area (Å²) in [5.74, 6) is -1.03. The Morgan fingerprint density at radius 3 is 1.94 bits per heavy atom.